The molecule has 5 heteroatoms. The molecule has 0 aromatic carbocycles. The van der Waals surface area contributed by atoms with Crippen LogP contribution in [0.5, 0.6) is 0 Å². The van der Waals surface area contributed by atoms with Crippen LogP contribution in [0.1, 0.15) is 26.3 Å². The molecule has 2 rings (SSSR count). The third-order valence-corrected chi connectivity index (χ3v) is 3.19. The van der Waals surface area contributed by atoms with Gasteiger partial charge in [-0.25, -0.2) is 4.98 Å². The number of aromatic nitrogens is 2. The lowest BCUT2D eigenvalue weighted by molar-refractivity contribution is -0.143. The minimum absolute atomic E-state index is 0.200. The normalized spacial score (nSPS) is 11.2. The number of esters is 1. The van der Waals surface area contributed by atoms with Crippen LogP contribution in [-0.4, -0.2) is 28.7 Å². The van der Waals surface area contributed by atoms with E-state index in [2.05, 4.69) is 24.1 Å². The van der Waals surface area contributed by atoms with Crippen molar-refractivity contribution in [2.75, 3.05) is 13.2 Å². The van der Waals surface area contributed by atoms with Gasteiger partial charge in [0, 0.05) is 24.3 Å². The van der Waals surface area contributed by atoms with Crippen molar-refractivity contribution in [3.8, 4) is 0 Å². The summed E-state index contributed by atoms with van der Waals surface area (Å²) < 4.78 is 6.87. The van der Waals surface area contributed by atoms with E-state index in [9.17, 15) is 4.79 Å². The Hall–Kier alpha value is -1.88. The molecule has 0 aliphatic rings. The zero-order valence-corrected chi connectivity index (χ0v) is 12.9. The topological polar surface area (TPSA) is 56.1 Å². The van der Waals surface area contributed by atoms with Gasteiger partial charge < -0.3 is 14.6 Å². The minimum atomic E-state index is -0.234. The van der Waals surface area contributed by atoms with E-state index in [0.29, 0.717) is 12.5 Å². The predicted octanol–water partition coefficient (Wildman–Crippen LogP) is 2.35. The fraction of sp³-hybridized carbons (Fsp3) is 0.500. The van der Waals surface area contributed by atoms with Crippen LogP contribution in [0, 0.1) is 5.92 Å². The molecule has 0 atom stereocenters. The molecule has 0 fully saturated rings. The quantitative estimate of drug-likeness (QED) is 0.795. The maximum atomic E-state index is 11.7. The number of fused-ring (bicyclic) bond motifs is 1. The maximum absolute atomic E-state index is 11.7. The molecule has 2 aromatic heterocycles. The summed E-state index contributed by atoms with van der Waals surface area (Å²) in [4.78, 5) is 16.1. The highest BCUT2D eigenvalue weighted by Gasteiger charge is 2.12. The van der Waals surface area contributed by atoms with E-state index in [-0.39, 0.29) is 12.5 Å². The summed E-state index contributed by atoms with van der Waals surface area (Å²) in [5.74, 6) is 0.373. The van der Waals surface area contributed by atoms with Crippen LogP contribution in [0.15, 0.2) is 24.5 Å². The van der Waals surface area contributed by atoms with Gasteiger partial charge in [0.15, 0.2) is 0 Å². The van der Waals surface area contributed by atoms with Gasteiger partial charge in [-0.05, 0) is 37.1 Å². The molecule has 0 unspecified atom stereocenters. The van der Waals surface area contributed by atoms with Gasteiger partial charge in [0.05, 0.1) is 6.61 Å². The molecule has 0 radical (unpaired) electrons. The molecule has 5 nitrogen and oxygen atoms in total. The molecule has 114 valence electrons. The van der Waals surface area contributed by atoms with E-state index in [1.807, 2.05) is 29.8 Å². The molecule has 0 aliphatic carbocycles. The van der Waals surface area contributed by atoms with Crippen LogP contribution >= 0.6 is 0 Å². The minimum Gasteiger partial charge on any atom is -0.465 e. The fourth-order valence-electron chi connectivity index (χ4n) is 2.30. The lowest BCUT2D eigenvalue weighted by Crippen LogP contribution is -2.18. The van der Waals surface area contributed by atoms with Crippen LogP contribution in [0.4, 0.5) is 0 Å². The highest BCUT2D eigenvalue weighted by molar-refractivity contribution is 5.82. The van der Waals surface area contributed by atoms with Gasteiger partial charge in [-0.3, -0.25) is 4.79 Å². The first-order valence-electron chi connectivity index (χ1n) is 7.41. The van der Waals surface area contributed by atoms with Gasteiger partial charge in [-0.2, -0.15) is 0 Å². The number of ether oxygens (including phenoxy) is 1. The second-order valence-electron chi connectivity index (χ2n) is 5.49. The Morgan fingerprint density at radius 3 is 3.00 bits per heavy atom. The van der Waals surface area contributed by atoms with Crippen molar-refractivity contribution in [3.05, 3.63) is 30.1 Å². The van der Waals surface area contributed by atoms with Crippen molar-refractivity contribution in [1.82, 2.24) is 14.9 Å². The van der Waals surface area contributed by atoms with Gasteiger partial charge in [0.2, 0.25) is 0 Å². The predicted molar refractivity (Wildman–Crippen MR) is 82.9 cm³/mol. The van der Waals surface area contributed by atoms with Crippen LogP contribution in [0.25, 0.3) is 11.0 Å². The smallest absolute Gasteiger partial charge is 0.325 e. The molecule has 0 spiro atoms. The lowest BCUT2D eigenvalue weighted by Gasteiger charge is -2.06. The summed E-state index contributed by atoms with van der Waals surface area (Å²) in [7, 11) is 0. The number of rotatable bonds is 7. The average Bonchev–Trinajstić information content (AvgIpc) is 2.77. The first-order chi connectivity index (χ1) is 10.1. The van der Waals surface area contributed by atoms with Crippen LogP contribution in [0.2, 0.25) is 0 Å². The Kier molecular flexibility index (Phi) is 5.33. The van der Waals surface area contributed by atoms with E-state index in [0.717, 1.165) is 29.7 Å². The molecule has 2 aromatic rings. The van der Waals surface area contributed by atoms with Gasteiger partial charge in [-0.15, -0.1) is 0 Å². The summed E-state index contributed by atoms with van der Waals surface area (Å²) >= 11 is 0. The van der Waals surface area contributed by atoms with E-state index < -0.39 is 0 Å². The van der Waals surface area contributed by atoms with Crippen molar-refractivity contribution < 1.29 is 9.53 Å². The second-order valence-corrected chi connectivity index (χ2v) is 5.49. The highest BCUT2D eigenvalue weighted by atomic mass is 16.5. The number of carbonyl (C=O) groups is 1. The number of hydrogen-bond donors (Lipinski definition) is 1. The Morgan fingerprint density at radius 2 is 2.29 bits per heavy atom. The Morgan fingerprint density at radius 1 is 1.48 bits per heavy atom. The van der Waals surface area contributed by atoms with Crippen molar-refractivity contribution in [3.63, 3.8) is 0 Å². The summed E-state index contributed by atoms with van der Waals surface area (Å²) in [5.41, 5.74) is 1.98. The van der Waals surface area contributed by atoms with Crippen LogP contribution in [0.3, 0.4) is 0 Å². The standard InChI is InChI=1S/C16H23N3O2/c1-4-21-15(20)11-19-10-13(9-17-8-12(2)3)14-6-5-7-18-16(14)19/h5-7,10,12,17H,4,8-9,11H2,1-3H3. The third-order valence-electron chi connectivity index (χ3n) is 3.19. The molecule has 2 heterocycles. The second kappa shape index (κ2) is 7.22. The lowest BCUT2D eigenvalue weighted by atomic mass is 10.2. The Balaban J connectivity index is 2.19. The molecule has 0 amide bonds. The summed E-state index contributed by atoms with van der Waals surface area (Å²) in [6.07, 6.45) is 3.73. The Bertz CT molecular complexity index is 605. The van der Waals surface area contributed by atoms with Gasteiger partial charge in [0.1, 0.15) is 12.2 Å². The molecule has 0 saturated heterocycles. The molecule has 0 bridgehead atoms. The van der Waals surface area contributed by atoms with E-state index in [4.69, 9.17) is 4.74 Å². The average molecular weight is 289 g/mol. The molecule has 21 heavy (non-hydrogen) atoms. The number of carbonyl (C=O) groups excluding carboxylic acids is 1. The first-order valence-corrected chi connectivity index (χ1v) is 7.41. The van der Waals surface area contributed by atoms with E-state index in [1.165, 1.54) is 0 Å². The molecule has 0 saturated carbocycles. The third kappa shape index (κ3) is 4.04. The van der Waals surface area contributed by atoms with Crippen molar-refractivity contribution in [2.24, 2.45) is 5.92 Å². The van der Waals surface area contributed by atoms with Crippen LogP contribution in [-0.2, 0) is 22.6 Å². The van der Waals surface area contributed by atoms with Gasteiger partial charge in [-0.1, -0.05) is 13.8 Å². The van der Waals surface area contributed by atoms with Crippen molar-refractivity contribution in [2.45, 2.75) is 33.9 Å². The number of hydrogen-bond acceptors (Lipinski definition) is 4. The summed E-state index contributed by atoms with van der Waals surface area (Å²) in [6, 6.07) is 3.96. The number of nitrogens with one attached hydrogen (secondary N) is 1. The monoisotopic (exact) mass is 289 g/mol. The van der Waals surface area contributed by atoms with Gasteiger partial charge >= 0.3 is 5.97 Å². The van der Waals surface area contributed by atoms with E-state index >= 15 is 0 Å². The first kappa shape index (κ1) is 15.5. The molecular formula is C16H23N3O2. The number of pyridine rings is 1. The van der Waals surface area contributed by atoms with Crippen molar-refractivity contribution >= 4 is 17.0 Å². The summed E-state index contributed by atoms with van der Waals surface area (Å²) in [5, 5.41) is 4.51. The summed E-state index contributed by atoms with van der Waals surface area (Å²) in [6.45, 7) is 8.50. The SMILES string of the molecule is CCOC(=O)Cn1cc(CNCC(C)C)c2cccnc21. The zero-order chi connectivity index (χ0) is 15.2. The molecule has 0 aliphatic heterocycles. The van der Waals surface area contributed by atoms with E-state index in [1.54, 1.807) is 6.20 Å². The van der Waals surface area contributed by atoms with Crippen LogP contribution < -0.4 is 5.32 Å². The fourth-order valence-corrected chi connectivity index (χ4v) is 2.30. The van der Waals surface area contributed by atoms with Crippen molar-refractivity contribution in [1.29, 1.82) is 0 Å². The highest BCUT2D eigenvalue weighted by Crippen LogP contribution is 2.19. The zero-order valence-electron chi connectivity index (χ0n) is 12.9. The largest absolute Gasteiger partial charge is 0.465 e. The maximum Gasteiger partial charge on any atom is 0.325 e. The number of nitrogens with zero attached hydrogens (tertiary/aromatic N) is 2. The Labute approximate surface area is 125 Å². The van der Waals surface area contributed by atoms with Gasteiger partial charge in [0.25, 0.3) is 0 Å². The molecular weight excluding hydrogens is 266 g/mol. The molecule has 1 N–H and O–H groups in total.